The second-order valence-corrected chi connectivity index (χ2v) is 7.81. The number of aromatic nitrogens is 4. The summed E-state index contributed by atoms with van der Waals surface area (Å²) in [6.07, 6.45) is 2.95. The van der Waals surface area contributed by atoms with Crippen LogP contribution in [0.25, 0.3) is 22.6 Å². The molecule has 0 aliphatic carbocycles. The zero-order valence-electron chi connectivity index (χ0n) is 19.4. The van der Waals surface area contributed by atoms with Crippen molar-refractivity contribution < 1.29 is 9.47 Å². The molecule has 2 aromatic carbocycles. The average Bonchev–Trinajstić information content (AvgIpc) is 3.23. The minimum Gasteiger partial charge on any atom is -0.385 e. The molecule has 0 saturated carbocycles. The van der Waals surface area contributed by atoms with Crippen molar-refractivity contribution in [3.8, 4) is 17.5 Å². The van der Waals surface area contributed by atoms with Crippen molar-refractivity contribution in [2.24, 2.45) is 0 Å². The first-order valence-electron chi connectivity index (χ1n) is 11.4. The molecule has 0 aliphatic rings. The third kappa shape index (κ3) is 5.57. The smallest absolute Gasteiger partial charge is 0.226 e. The van der Waals surface area contributed by atoms with E-state index >= 15 is 0 Å². The number of rotatable bonds is 11. The Morgan fingerprint density at radius 2 is 1.97 bits per heavy atom. The Labute approximate surface area is 199 Å². The van der Waals surface area contributed by atoms with Gasteiger partial charge in [-0.3, -0.25) is 0 Å². The van der Waals surface area contributed by atoms with Crippen LogP contribution in [0.5, 0.6) is 0 Å². The van der Waals surface area contributed by atoms with E-state index in [1.807, 2.05) is 43.3 Å². The molecule has 1 unspecified atom stereocenters. The molecule has 174 valence electrons. The van der Waals surface area contributed by atoms with E-state index in [1.165, 1.54) is 5.56 Å². The number of methoxy groups -OCH3 is 1. The zero-order valence-corrected chi connectivity index (χ0v) is 19.4. The van der Waals surface area contributed by atoms with E-state index in [1.54, 1.807) is 19.4 Å². The molecule has 0 aliphatic heterocycles. The van der Waals surface area contributed by atoms with Crippen molar-refractivity contribution in [3.63, 3.8) is 0 Å². The van der Waals surface area contributed by atoms with Crippen molar-refractivity contribution >= 4 is 17.1 Å². The van der Waals surface area contributed by atoms with E-state index in [0.717, 1.165) is 23.5 Å². The summed E-state index contributed by atoms with van der Waals surface area (Å²) in [5.41, 5.74) is 4.03. The lowest BCUT2D eigenvalue weighted by Crippen LogP contribution is -2.27. The minimum atomic E-state index is -0.263. The van der Waals surface area contributed by atoms with Gasteiger partial charge in [-0.05, 0) is 31.0 Å². The van der Waals surface area contributed by atoms with Gasteiger partial charge in [-0.2, -0.15) is 10.2 Å². The van der Waals surface area contributed by atoms with Gasteiger partial charge in [0.15, 0.2) is 5.65 Å². The van der Waals surface area contributed by atoms with Crippen molar-refractivity contribution in [2.45, 2.75) is 32.5 Å². The Bertz CT molecular complexity index is 1270. The number of hydrogen-bond acceptors (Lipinski definition) is 7. The average molecular weight is 457 g/mol. The van der Waals surface area contributed by atoms with Gasteiger partial charge in [-0.1, -0.05) is 42.5 Å². The maximum Gasteiger partial charge on any atom is 0.226 e. The van der Waals surface area contributed by atoms with Gasteiger partial charge in [0.2, 0.25) is 5.95 Å². The molecule has 0 saturated heterocycles. The number of ether oxygens (including phenoxy) is 2. The van der Waals surface area contributed by atoms with E-state index in [0.29, 0.717) is 43.2 Å². The van der Waals surface area contributed by atoms with Crippen molar-refractivity contribution in [1.29, 1.82) is 5.26 Å². The van der Waals surface area contributed by atoms with Crippen LogP contribution < -0.4 is 5.32 Å². The number of hydrogen-bond donors (Lipinski definition) is 1. The summed E-state index contributed by atoms with van der Waals surface area (Å²) in [4.78, 5) is 14.1. The lowest BCUT2D eigenvalue weighted by molar-refractivity contribution is 0.0826. The molecule has 34 heavy (non-hydrogen) atoms. The molecule has 8 nitrogen and oxygen atoms in total. The molecule has 2 heterocycles. The van der Waals surface area contributed by atoms with Crippen LogP contribution in [0.15, 0.2) is 60.8 Å². The predicted octanol–water partition coefficient (Wildman–Crippen LogP) is 4.42. The summed E-state index contributed by atoms with van der Waals surface area (Å²) in [5, 5.41) is 12.7. The summed E-state index contributed by atoms with van der Waals surface area (Å²) >= 11 is 0. The number of imidazole rings is 1. The first-order valence-corrected chi connectivity index (χ1v) is 11.4. The Kier molecular flexibility index (Phi) is 7.81. The molecule has 1 N–H and O–H groups in total. The largest absolute Gasteiger partial charge is 0.385 e. The number of aryl methyl sites for hydroxylation is 1. The van der Waals surface area contributed by atoms with Crippen LogP contribution in [-0.4, -0.2) is 46.1 Å². The van der Waals surface area contributed by atoms with Gasteiger partial charge in [0.1, 0.15) is 17.6 Å². The molecule has 0 spiro atoms. The zero-order chi connectivity index (χ0) is 23.8. The molecular formula is C26H28N6O2. The van der Waals surface area contributed by atoms with Crippen molar-refractivity contribution in [3.05, 3.63) is 71.9 Å². The normalized spacial score (nSPS) is 11.9. The molecule has 4 aromatic rings. The third-order valence-electron chi connectivity index (χ3n) is 5.39. The first kappa shape index (κ1) is 23.4. The fourth-order valence-corrected chi connectivity index (χ4v) is 3.84. The lowest BCUT2D eigenvalue weighted by Gasteiger charge is -2.18. The van der Waals surface area contributed by atoms with E-state index in [2.05, 4.69) is 33.1 Å². The second kappa shape index (κ2) is 11.4. The van der Waals surface area contributed by atoms with Gasteiger partial charge >= 0.3 is 0 Å². The maximum absolute atomic E-state index is 9.32. The Morgan fingerprint density at radius 1 is 1.12 bits per heavy atom. The summed E-state index contributed by atoms with van der Waals surface area (Å²) < 4.78 is 13.2. The van der Waals surface area contributed by atoms with Gasteiger partial charge in [0.05, 0.1) is 17.8 Å². The molecule has 0 bridgehead atoms. The Balaban J connectivity index is 1.68. The highest BCUT2D eigenvalue weighted by molar-refractivity contribution is 5.77. The number of nitriles is 1. The number of benzene rings is 2. The Hall–Kier alpha value is -3.80. The fourth-order valence-electron chi connectivity index (χ4n) is 3.84. The highest BCUT2D eigenvalue weighted by atomic mass is 16.5. The molecule has 1 atom stereocenters. The number of fused-ring (bicyclic) bond motifs is 1. The van der Waals surface area contributed by atoms with Crippen LogP contribution in [0.2, 0.25) is 0 Å². The standard InChI is InChI=1S/C26H28N6O2/c1-3-34-23(16-19-9-5-4-6-10-19)30-26-28-18-22-25(31-26)32(13-8-14-33-2)24(29-22)21-12-7-11-20(15-21)17-27/h4-7,9-12,15,18,23H,3,8,13-14,16H2,1-2H3,(H,28,30,31). The maximum atomic E-state index is 9.32. The van der Waals surface area contributed by atoms with Gasteiger partial charge in [-0.25, -0.2) is 9.97 Å². The first-order chi connectivity index (χ1) is 16.7. The van der Waals surface area contributed by atoms with E-state index in [4.69, 9.17) is 19.4 Å². The van der Waals surface area contributed by atoms with Crippen molar-refractivity contribution in [1.82, 2.24) is 19.5 Å². The van der Waals surface area contributed by atoms with Crippen LogP contribution in [0.1, 0.15) is 24.5 Å². The summed E-state index contributed by atoms with van der Waals surface area (Å²) in [7, 11) is 1.69. The van der Waals surface area contributed by atoms with Crippen LogP contribution in [0, 0.1) is 11.3 Å². The van der Waals surface area contributed by atoms with E-state index in [9.17, 15) is 5.26 Å². The summed E-state index contributed by atoms with van der Waals surface area (Å²) in [5.74, 6) is 1.23. The highest BCUT2D eigenvalue weighted by Gasteiger charge is 2.17. The van der Waals surface area contributed by atoms with Crippen molar-refractivity contribution in [2.75, 3.05) is 25.6 Å². The summed E-state index contributed by atoms with van der Waals surface area (Å²) in [6.45, 7) is 3.83. The third-order valence-corrected chi connectivity index (χ3v) is 5.39. The number of nitrogens with zero attached hydrogens (tertiary/aromatic N) is 5. The molecular weight excluding hydrogens is 428 g/mol. The van der Waals surface area contributed by atoms with Gasteiger partial charge < -0.3 is 19.4 Å². The predicted molar refractivity (Wildman–Crippen MR) is 131 cm³/mol. The van der Waals surface area contributed by atoms with Crippen LogP contribution in [-0.2, 0) is 22.4 Å². The van der Waals surface area contributed by atoms with Gasteiger partial charge in [0.25, 0.3) is 0 Å². The highest BCUT2D eigenvalue weighted by Crippen LogP contribution is 2.25. The Morgan fingerprint density at radius 3 is 2.74 bits per heavy atom. The molecule has 2 aromatic heterocycles. The topological polar surface area (TPSA) is 97.9 Å². The monoisotopic (exact) mass is 456 g/mol. The molecule has 8 heteroatoms. The van der Waals surface area contributed by atoms with Gasteiger partial charge in [0, 0.05) is 38.9 Å². The number of nitrogens with one attached hydrogen (secondary N) is 1. The van der Waals surface area contributed by atoms with Crippen LogP contribution in [0.4, 0.5) is 5.95 Å². The fraction of sp³-hybridized carbons (Fsp3) is 0.308. The quantitative estimate of drug-likeness (QED) is 0.263. The van der Waals surface area contributed by atoms with Gasteiger partial charge in [-0.15, -0.1) is 0 Å². The molecule has 0 radical (unpaired) electrons. The SMILES string of the molecule is CCOC(Cc1ccccc1)Nc1ncc2nc(-c3cccc(C#N)c3)n(CCCOC)c2n1. The second-order valence-electron chi connectivity index (χ2n) is 7.81. The molecule has 0 amide bonds. The van der Waals surface area contributed by atoms with E-state index < -0.39 is 0 Å². The lowest BCUT2D eigenvalue weighted by atomic mass is 10.1. The molecule has 0 fully saturated rings. The van der Waals surface area contributed by atoms with Crippen LogP contribution >= 0.6 is 0 Å². The van der Waals surface area contributed by atoms with Crippen LogP contribution in [0.3, 0.4) is 0 Å². The molecule has 4 rings (SSSR count). The number of anilines is 1. The minimum absolute atomic E-state index is 0.263. The van der Waals surface area contributed by atoms with E-state index in [-0.39, 0.29) is 6.23 Å². The summed E-state index contributed by atoms with van der Waals surface area (Å²) in [6, 6.07) is 19.8.